The van der Waals surface area contributed by atoms with E-state index in [-0.39, 0.29) is 24.4 Å². The number of hydrogen-bond donors (Lipinski definition) is 1. The molecule has 1 aromatic rings. The number of nitrogens with zero attached hydrogens (tertiary/aromatic N) is 2. The van der Waals surface area contributed by atoms with Crippen LogP contribution >= 0.6 is 0 Å². The van der Waals surface area contributed by atoms with E-state index >= 15 is 0 Å². The first-order chi connectivity index (χ1) is 11.1. The van der Waals surface area contributed by atoms with Gasteiger partial charge in [-0.15, -0.1) is 0 Å². The van der Waals surface area contributed by atoms with Crippen LogP contribution in [-0.2, 0) is 16.1 Å². The fourth-order valence-corrected chi connectivity index (χ4v) is 2.88. The van der Waals surface area contributed by atoms with Gasteiger partial charge in [-0.1, -0.05) is 43.7 Å². The summed E-state index contributed by atoms with van der Waals surface area (Å²) in [5.74, 6) is 0.0757. The molecule has 2 rings (SSSR count). The average molecular weight is 317 g/mol. The van der Waals surface area contributed by atoms with Gasteiger partial charge in [0.25, 0.3) is 0 Å². The van der Waals surface area contributed by atoms with E-state index in [9.17, 15) is 9.59 Å². The first kappa shape index (κ1) is 17.5. The Hall–Kier alpha value is -1.88. The number of rotatable bonds is 7. The number of nitrogens with one attached hydrogen (secondary N) is 1. The molecule has 2 amide bonds. The molecule has 1 heterocycles. The van der Waals surface area contributed by atoms with E-state index in [1.807, 2.05) is 37.3 Å². The molecule has 0 radical (unpaired) electrons. The zero-order valence-corrected chi connectivity index (χ0v) is 14.1. The lowest BCUT2D eigenvalue weighted by Crippen LogP contribution is -2.53. The fourth-order valence-electron chi connectivity index (χ4n) is 2.88. The Kier molecular flexibility index (Phi) is 6.59. The molecule has 23 heavy (non-hydrogen) atoms. The van der Waals surface area contributed by atoms with Gasteiger partial charge in [0.05, 0.1) is 6.67 Å². The minimum atomic E-state index is 0.000412. The Morgan fingerprint density at radius 3 is 2.65 bits per heavy atom. The number of benzene rings is 1. The smallest absolute Gasteiger partial charge is 0.242 e. The Morgan fingerprint density at radius 1 is 1.30 bits per heavy atom. The maximum atomic E-state index is 12.5. The summed E-state index contributed by atoms with van der Waals surface area (Å²) in [7, 11) is 0. The normalized spacial score (nSPS) is 18.1. The van der Waals surface area contributed by atoms with Gasteiger partial charge in [-0.05, 0) is 18.9 Å². The number of likely N-dealkylation sites (N-methyl/N-ethyl adjacent to an activating group) is 1. The molecule has 1 aliphatic rings. The molecule has 1 unspecified atom stereocenters. The van der Waals surface area contributed by atoms with E-state index in [1.165, 1.54) is 0 Å². The molecular formula is C18H27N3O2. The van der Waals surface area contributed by atoms with Crippen molar-refractivity contribution in [1.82, 2.24) is 15.1 Å². The highest BCUT2D eigenvalue weighted by Gasteiger charge is 2.27. The zero-order chi connectivity index (χ0) is 16.7. The molecular weight excluding hydrogens is 290 g/mol. The van der Waals surface area contributed by atoms with E-state index in [4.69, 9.17) is 0 Å². The maximum Gasteiger partial charge on any atom is 0.242 e. The summed E-state index contributed by atoms with van der Waals surface area (Å²) in [6.45, 7) is 5.94. The summed E-state index contributed by atoms with van der Waals surface area (Å²) >= 11 is 0. The topological polar surface area (TPSA) is 52.7 Å². The maximum absolute atomic E-state index is 12.5. The quantitative estimate of drug-likeness (QED) is 0.837. The van der Waals surface area contributed by atoms with Crippen LogP contribution in [0.3, 0.4) is 0 Å². The van der Waals surface area contributed by atoms with Crippen LogP contribution in [0, 0.1) is 0 Å². The van der Waals surface area contributed by atoms with E-state index in [0.29, 0.717) is 26.2 Å². The van der Waals surface area contributed by atoms with Crippen molar-refractivity contribution >= 4 is 11.8 Å². The third kappa shape index (κ3) is 5.06. The first-order valence-electron chi connectivity index (χ1n) is 8.46. The van der Waals surface area contributed by atoms with E-state index in [2.05, 4.69) is 12.2 Å². The highest BCUT2D eigenvalue weighted by Crippen LogP contribution is 2.11. The Morgan fingerprint density at radius 2 is 2.04 bits per heavy atom. The van der Waals surface area contributed by atoms with Crippen molar-refractivity contribution in [1.29, 1.82) is 0 Å². The van der Waals surface area contributed by atoms with Gasteiger partial charge in [-0.3, -0.25) is 14.9 Å². The monoisotopic (exact) mass is 317 g/mol. The van der Waals surface area contributed by atoms with Crippen LogP contribution in [0.4, 0.5) is 0 Å². The molecule has 0 aromatic heterocycles. The van der Waals surface area contributed by atoms with Gasteiger partial charge < -0.3 is 9.80 Å². The molecule has 0 bridgehead atoms. The third-order valence-electron chi connectivity index (χ3n) is 4.26. The number of carbonyl (C=O) groups is 2. The summed E-state index contributed by atoms with van der Waals surface area (Å²) < 4.78 is 0. The molecule has 1 aliphatic heterocycles. The summed E-state index contributed by atoms with van der Waals surface area (Å²) in [5, 5.41) is 3.35. The largest absolute Gasteiger partial charge is 0.337 e. The van der Waals surface area contributed by atoms with Crippen LogP contribution in [0.15, 0.2) is 30.3 Å². The lowest BCUT2D eigenvalue weighted by atomic mass is 10.1. The minimum Gasteiger partial charge on any atom is -0.337 e. The summed E-state index contributed by atoms with van der Waals surface area (Å²) in [6, 6.07) is 10.2. The molecule has 1 saturated heterocycles. The number of carbonyl (C=O) groups excluding carboxylic acids is 2. The fraction of sp³-hybridized carbons (Fsp3) is 0.556. The van der Waals surface area contributed by atoms with Gasteiger partial charge in [-0.25, -0.2) is 0 Å². The van der Waals surface area contributed by atoms with Crippen molar-refractivity contribution < 1.29 is 9.59 Å². The molecule has 1 N–H and O–H groups in total. The van der Waals surface area contributed by atoms with Gasteiger partial charge >= 0.3 is 0 Å². The Labute approximate surface area is 138 Å². The molecule has 0 aliphatic carbocycles. The van der Waals surface area contributed by atoms with Crippen molar-refractivity contribution in [2.24, 2.45) is 0 Å². The second-order valence-corrected chi connectivity index (χ2v) is 6.04. The van der Waals surface area contributed by atoms with Crippen LogP contribution in [0.2, 0.25) is 0 Å². The Balaban J connectivity index is 1.88. The number of hydrogen-bond acceptors (Lipinski definition) is 3. The first-order valence-corrected chi connectivity index (χ1v) is 8.46. The predicted molar refractivity (Wildman–Crippen MR) is 90.6 cm³/mol. The van der Waals surface area contributed by atoms with Crippen LogP contribution in [0.1, 0.15) is 38.7 Å². The lowest BCUT2D eigenvalue weighted by Gasteiger charge is -2.33. The van der Waals surface area contributed by atoms with Gasteiger partial charge in [0.1, 0.15) is 6.54 Å². The molecule has 5 nitrogen and oxygen atoms in total. The standard InChI is InChI=1S/C18H27N3O2/c1-3-8-16-11-17(22)21(14-19-16)13-18(23)20(4-2)12-15-9-6-5-7-10-15/h5-7,9-10,16,19H,3-4,8,11-14H2,1-2H3. The Bertz CT molecular complexity index is 518. The van der Waals surface area contributed by atoms with E-state index in [0.717, 1.165) is 18.4 Å². The molecule has 1 aromatic carbocycles. The zero-order valence-electron chi connectivity index (χ0n) is 14.1. The second kappa shape index (κ2) is 8.67. The molecule has 1 fully saturated rings. The van der Waals surface area contributed by atoms with Crippen LogP contribution < -0.4 is 5.32 Å². The second-order valence-electron chi connectivity index (χ2n) is 6.04. The predicted octanol–water partition coefficient (Wildman–Crippen LogP) is 1.98. The molecule has 0 spiro atoms. The third-order valence-corrected chi connectivity index (χ3v) is 4.26. The van der Waals surface area contributed by atoms with Crippen LogP contribution in [0.25, 0.3) is 0 Å². The van der Waals surface area contributed by atoms with Gasteiger partial charge in [0, 0.05) is 25.6 Å². The molecule has 1 atom stereocenters. The van der Waals surface area contributed by atoms with Gasteiger partial charge in [0.15, 0.2) is 0 Å². The number of amides is 2. The highest BCUT2D eigenvalue weighted by atomic mass is 16.2. The molecule has 5 heteroatoms. The highest BCUT2D eigenvalue weighted by molar-refractivity contribution is 5.85. The molecule has 0 saturated carbocycles. The molecule has 126 valence electrons. The van der Waals surface area contributed by atoms with Crippen molar-refractivity contribution in [3.05, 3.63) is 35.9 Å². The van der Waals surface area contributed by atoms with Crippen molar-refractivity contribution in [2.45, 2.75) is 45.7 Å². The van der Waals surface area contributed by atoms with Crippen molar-refractivity contribution in [3.8, 4) is 0 Å². The van der Waals surface area contributed by atoms with Crippen molar-refractivity contribution in [2.75, 3.05) is 19.8 Å². The summed E-state index contributed by atoms with van der Waals surface area (Å²) in [4.78, 5) is 28.1. The van der Waals surface area contributed by atoms with Crippen LogP contribution in [-0.4, -0.2) is 47.4 Å². The minimum absolute atomic E-state index is 0.000412. The lowest BCUT2D eigenvalue weighted by molar-refractivity contribution is -0.143. The van der Waals surface area contributed by atoms with E-state index in [1.54, 1.807) is 9.80 Å². The van der Waals surface area contributed by atoms with Gasteiger partial charge in [-0.2, -0.15) is 0 Å². The van der Waals surface area contributed by atoms with Crippen molar-refractivity contribution in [3.63, 3.8) is 0 Å². The summed E-state index contributed by atoms with van der Waals surface area (Å²) in [6.07, 6.45) is 2.55. The average Bonchev–Trinajstić information content (AvgIpc) is 2.56. The van der Waals surface area contributed by atoms with Gasteiger partial charge in [0.2, 0.25) is 11.8 Å². The van der Waals surface area contributed by atoms with E-state index < -0.39 is 0 Å². The SMILES string of the molecule is CCCC1CC(=O)N(CC(=O)N(CC)Cc2ccccc2)CN1. The van der Waals surface area contributed by atoms with Crippen LogP contribution in [0.5, 0.6) is 0 Å². The summed E-state index contributed by atoms with van der Waals surface area (Å²) in [5.41, 5.74) is 1.11.